The van der Waals surface area contributed by atoms with Gasteiger partial charge in [0.15, 0.2) is 15.8 Å². The Kier molecular flexibility index (Phi) is 6.68. The van der Waals surface area contributed by atoms with Gasteiger partial charge < -0.3 is 10.6 Å². The summed E-state index contributed by atoms with van der Waals surface area (Å²) in [6, 6.07) is 7.57. The van der Waals surface area contributed by atoms with E-state index in [9.17, 15) is 8.42 Å². The van der Waals surface area contributed by atoms with E-state index < -0.39 is 9.84 Å². The Morgan fingerprint density at radius 2 is 1.71 bits per heavy atom. The van der Waals surface area contributed by atoms with Gasteiger partial charge in [-0.05, 0) is 17.0 Å². The molecule has 21 heavy (non-hydrogen) atoms. The van der Waals surface area contributed by atoms with Crippen molar-refractivity contribution < 1.29 is 8.42 Å². The van der Waals surface area contributed by atoms with Crippen molar-refractivity contribution in [3.05, 3.63) is 35.4 Å². The largest absolute Gasteiger partial charge is 0.356 e. The van der Waals surface area contributed by atoms with Crippen molar-refractivity contribution >= 4 is 15.8 Å². The normalized spacial score (nSPS) is 12.5. The maximum Gasteiger partial charge on any atom is 0.191 e. The second-order valence-electron chi connectivity index (χ2n) is 5.59. The molecule has 5 nitrogen and oxygen atoms in total. The van der Waals surface area contributed by atoms with E-state index in [0.717, 1.165) is 23.6 Å². The molecule has 0 spiro atoms. The fraction of sp³-hybridized carbons (Fsp3) is 0.533. The van der Waals surface area contributed by atoms with Crippen LogP contribution in [0.2, 0.25) is 0 Å². The first-order chi connectivity index (χ1) is 9.80. The molecule has 1 aromatic carbocycles. The molecule has 0 atom stereocenters. The Morgan fingerprint density at radius 3 is 2.19 bits per heavy atom. The minimum absolute atomic E-state index is 0.0817. The minimum atomic E-state index is -2.98. The van der Waals surface area contributed by atoms with Gasteiger partial charge in [0, 0.05) is 26.4 Å². The lowest BCUT2D eigenvalue weighted by atomic mass is 10.1. The summed E-state index contributed by atoms with van der Waals surface area (Å²) in [5, 5.41) is 6.47. The highest BCUT2D eigenvalue weighted by atomic mass is 32.2. The monoisotopic (exact) mass is 311 g/mol. The van der Waals surface area contributed by atoms with Crippen molar-refractivity contribution in [3.63, 3.8) is 0 Å². The minimum Gasteiger partial charge on any atom is -0.356 e. The lowest BCUT2D eigenvalue weighted by Crippen LogP contribution is -2.38. The van der Waals surface area contributed by atoms with E-state index in [4.69, 9.17) is 0 Å². The van der Waals surface area contributed by atoms with Gasteiger partial charge in [0.05, 0.1) is 5.75 Å². The lowest BCUT2D eigenvalue weighted by molar-refractivity contribution is 0.601. The molecule has 0 radical (unpaired) electrons. The molecule has 2 N–H and O–H groups in total. The maximum atomic E-state index is 11.2. The van der Waals surface area contributed by atoms with Gasteiger partial charge in [-0.15, -0.1) is 0 Å². The average Bonchev–Trinajstić information content (AvgIpc) is 2.38. The van der Waals surface area contributed by atoms with E-state index >= 15 is 0 Å². The van der Waals surface area contributed by atoms with Crippen LogP contribution in [-0.2, 0) is 22.1 Å². The average molecular weight is 311 g/mol. The van der Waals surface area contributed by atoms with Crippen molar-refractivity contribution in [3.8, 4) is 0 Å². The van der Waals surface area contributed by atoms with Gasteiger partial charge in [-0.1, -0.05) is 38.1 Å². The molecule has 0 heterocycles. The van der Waals surface area contributed by atoms with Crippen molar-refractivity contribution in [2.45, 2.75) is 26.1 Å². The van der Waals surface area contributed by atoms with Gasteiger partial charge in [-0.2, -0.15) is 0 Å². The van der Waals surface area contributed by atoms with E-state index in [0.29, 0.717) is 12.5 Å². The molecule has 0 saturated heterocycles. The van der Waals surface area contributed by atoms with Crippen molar-refractivity contribution in [1.82, 2.24) is 10.6 Å². The molecule has 0 aliphatic rings. The van der Waals surface area contributed by atoms with Crippen LogP contribution in [0.3, 0.4) is 0 Å². The number of sulfone groups is 1. The summed E-state index contributed by atoms with van der Waals surface area (Å²) in [4.78, 5) is 4.16. The number of nitrogens with zero attached hydrogens (tertiary/aromatic N) is 1. The highest BCUT2D eigenvalue weighted by Gasteiger charge is 2.04. The third-order valence-corrected chi connectivity index (χ3v) is 3.67. The third-order valence-electron chi connectivity index (χ3n) is 2.81. The SMILES string of the molecule is CN=C(NCc1ccc(CS(C)(=O)=O)cc1)NCC(C)C. The molecule has 0 saturated carbocycles. The summed E-state index contributed by atoms with van der Waals surface area (Å²) in [6.45, 7) is 5.80. The predicted molar refractivity (Wildman–Crippen MR) is 88.0 cm³/mol. The summed E-state index contributed by atoms with van der Waals surface area (Å²) in [6.07, 6.45) is 1.24. The number of guanidine groups is 1. The highest BCUT2D eigenvalue weighted by molar-refractivity contribution is 7.89. The molecule has 0 aliphatic heterocycles. The Labute approximate surface area is 127 Å². The van der Waals surface area contributed by atoms with Crippen LogP contribution >= 0.6 is 0 Å². The molecule has 6 heteroatoms. The molecule has 0 aromatic heterocycles. The zero-order valence-corrected chi connectivity index (χ0v) is 14.0. The van der Waals surface area contributed by atoms with Crippen LogP contribution in [0.1, 0.15) is 25.0 Å². The van der Waals surface area contributed by atoms with Gasteiger partial charge in [0.1, 0.15) is 0 Å². The van der Waals surface area contributed by atoms with E-state index in [2.05, 4.69) is 29.5 Å². The molecular formula is C15H25N3O2S. The summed E-state index contributed by atoms with van der Waals surface area (Å²) in [5.41, 5.74) is 1.89. The summed E-state index contributed by atoms with van der Waals surface area (Å²) >= 11 is 0. The van der Waals surface area contributed by atoms with Crippen molar-refractivity contribution in [1.29, 1.82) is 0 Å². The molecular weight excluding hydrogens is 286 g/mol. The maximum absolute atomic E-state index is 11.2. The van der Waals surface area contributed by atoms with Crippen molar-refractivity contribution in [2.75, 3.05) is 19.8 Å². The topological polar surface area (TPSA) is 70.6 Å². The second kappa shape index (κ2) is 8.02. The number of hydrogen-bond donors (Lipinski definition) is 2. The number of nitrogens with one attached hydrogen (secondary N) is 2. The molecule has 0 aliphatic carbocycles. The highest BCUT2D eigenvalue weighted by Crippen LogP contribution is 2.07. The smallest absolute Gasteiger partial charge is 0.191 e. The quantitative estimate of drug-likeness (QED) is 0.618. The number of aliphatic imine (C=N–C) groups is 1. The first-order valence-corrected chi connectivity index (χ1v) is 9.06. The fourth-order valence-electron chi connectivity index (χ4n) is 1.76. The fourth-order valence-corrected chi connectivity index (χ4v) is 2.56. The zero-order chi connectivity index (χ0) is 15.9. The molecule has 118 valence electrons. The van der Waals surface area contributed by atoms with Gasteiger partial charge in [-0.25, -0.2) is 8.42 Å². The van der Waals surface area contributed by atoms with Crippen LogP contribution in [0.25, 0.3) is 0 Å². The summed E-state index contributed by atoms with van der Waals surface area (Å²) < 4.78 is 22.5. The van der Waals surface area contributed by atoms with Crippen molar-refractivity contribution in [2.24, 2.45) is 10.9 Å². The van der Waals surface area contributed by atoms with Crippen LogP contribution in [0, 0.1) is 5.92 Å². The molecule has 1 rings (SSSR count). The van der Waals surface area contributed by atoms with Crippen LogP contribution in [0.5, 0.6) is 0 Å². The summed E-state index contributed by atoms with van der Waals surface area (Å²) in [7, 11) is -1.24. The van der Waals surface area contributed by atoms with Crippen LogP contribution in [-0.4, -0.2) is 34.2 Å². The van der Waals surface area contributed by atoms with Gasteiger partial charge >= 0.3 is 0 Å². The van der Waals surface area contributed by atoms with E-state index in [1.807, 2.05) is 24.3 Å². The number of benzene rings is 1. The first-order valence-electron chi connectivity index (χ1n) is 7.00. The van der Waals surface area contributed by atoms with E-state index in [-0.39, 0.29) is 5.75 Å². The van der Waals surface area contributed by atoms with Gasteiger partial charge in [0.25, 0.3) is 0 Å². The van der Waals surface area contributed by atoms with Crippen LogP contribution in [0.4, 0.5) is 0 Å². The predicted octanol–water partition coefficient (Wildman–Crippen LogP) is 1.55. The number of rotatable bonds is 6. The Bertz CT molecular complexity index is 563. The van der Waals surface area contributed by atoms with Gasteiger partial charge in [-0.3, -0.25) is 4.99 Å². The van der Waals surface area contributed by atoms with E-state index in [1.54, 1.807) is 7.05 Å². The van der Waals surface area contributed by atoms with Crippen LogP contribution < -0.4 is 10.6 Å². The second-order valence-corrected chi connectivity index (χ2v) is 7.73. The van der Waals surface area contributed by atoms with Gasteiger partial charge in [0.2, 0.25) is 0 Å². The Morgan fingerprint density at radius 1 is 1.14 bits per heavy atom. The summed E-state index contributed by atoms with van der Waals surface area (Å²) in [5.74, 6) is 1.40. The molecule has 0 fully saturated rings. The first kappa shape index (κ1) is 17.5. The van der Waals surface area contributed by atoms with E-state index in [1.165, 1.54) is 6.26 Å². The molecule has 1 aromatic rings. The molecule has 0 amide bonds. The Hall–Kier alpha value is -1.56. The standard InChI is InChI=1S/C15H25N3O2S/c1-12(2)9-17-15(16-3)18-10-13-5-7-14(8-6-13)11-21(4,19)20/h5-8,12H,9-11H2,1-4H3,(H2,16,17,18). The molecule has 0 bridgehead atoms. The third kappa shape index (κ3) is 7.70. The molecule has 0 unspecified atom stereocenters. The zero-order valence-electron chi connectivity index (χ0n) is 13.2. The Balaban J connectivity index is 2.52. The van der Waals surface area contributed by atoms with Crippen LogP contribution in [0.15, 0.2) is 29.3 Å². The number of hydrogen-bond acceptors (Lipinski definition) is 3. The lowest BCUT2D eigenvalue weighted by Gasteiger charge is -2.13.